The normalized spacial score (nSPS) is 19.0. The molecule has 4 aromatic rings. The number of hydrogen-bond acceptors (Lipinski definition) is 4. The number of para-hydroxylation sites is 2. The molecule has 0 aliphatic carbocycles. The molecule has 1 atom stereocenters. The molecule has 3 aromatic carbocycles. The van der Waals surface area contributed by atoms with Gasteiger partial charge in [-0.15, -0.1) is 11.8 Å². The highest BCUT2D eigenvalue weighted by atomic mass is 32.2. The van der Waals surface area contributed by atoms with Crippen molar-refractivity contribution < 1.29 is 0 Å². The van der Waals surface area contributed by atoms with Crippen molar-refractivity contribution in [3.8, 4) is 0 Å². The fourth-order valence-electron chi connectivity index (χ4n) is 5.51. The molecule has 1 aromatic heterocycles. The van der Waals surface area contributed by atoms with Gasteiger partial charge in [0.2, 0.25) is 0 Å². The standard InChI is InChI=1S/C28H30N4OS/c33-28-29-24-11-4-5-12-25(24)32(28)15-7-14-30-16-18-31(19-17-30)27-22-9-2-1-8-21(22)20-34-26-13-6-3-10-23(26)27/h1-6,8-13,27H,7,14-20H2,(H,29,33). The number of piperazine rings is 1. The first kappa shape index (κ1) is 21.7. The lowest BCUT2D eigenvalue weighted by atomic mass is 9.93. The number of H-pyrrole nitrogens is 1. The maximum atomic E-state index is 12.4. The van der Waals surface area contributed by atoms with Gasteiger partial charge in [-0.05, 0) is 47.9 Å². The van der Waals surface area contributed by atoms with Crippen molar-refractivity contribution in [2.75, 3.05) is 32.7 Å². The Morgan fingerprint density at radius 2 is 1.56 bits per heavy atom. The number of aryl methyl sites for hydroxylation is 1. The van der Waals surface area contributed by atoms with Crippen molar-refractivity contribution in [3.05, 3.63) is 100.0 Å². The maximum Gasteiger partial charge on any atom is 0.326 e. The van der Waals surface area contributed by atoms with Crippen LogP contribution in [0, 0.1) is 0 Å². The van der Waals surface area contributed by atoms with E-state index in [0.29, 0.717) is 6.04 Å². The molecule has 5 nitrogen and oxygen atoms in total. The molecule has 6 heteroatoms. The van der Waals surface area contributed by atoms with E-state index in [1.54, 1.807) is 0 Å². The summed E-state index contributed by atoms with van der Waals surface area (Å²) in [4.78, 5) is 22.0. The van der Waals surface area contributed by atoms with Gasteiger partial charge in [0, 0.05) is 43.4 Å². The summed E-state index contributed by atoms with van der Waals surface area (Å²) in [5, 5.41) is 0. The zero-order chi connectivity index (χ0) is 22.9. The lowest BCUT2D eigenvalue weighted by Crippen LogP contribution is -2.48. The molecule has 0 radical (unpaired) electrons. The summed E-state index contributed by atoms with van der Waals surface area (Å²) in [6, 6.07) is 26.2. The van der Waals surface area contributed by atoms with Gasteiger partial charge < -0.3 is 9.88 Å². The number of aromatic nitrogens is 2. The van der Waals surface area contributed by atoms with Gasteiger partial charge in [-0.2, -0.15) is 0 Å². The van der Waals surface area contributed by atoms with Crippen LogP contribution < -0.4 is 5.69 Å². The summed E-state index contributed by atoms with van der Waals surface area (Å²) in [5.74, 6) is 1.04. The van der Waals surface area contributed by atoms with Gasteiger partial charge in [0.15, 0.2) is 0 Å². The zero-order valence-electron chi connectivity index (χ0n) is 19.3. The molecule has 3 heterocycles. The van der Waals surface area contributed by atoms with E-state index in [1.165, 1.54) is 21.6 Å². The van der Waals surface area contributed by atoms with Crippen LogP contribution >= 0.6 is 11.8 Å². The largest absolute Gasteiger partial charge is 0.326 e. The Balaban J connectivity index is 1.13. The van der Waals surface area contributed by atoms with Crippen LogP contribution in [0.25, 0.3) is 11.0 Å². The number of fused-ring (bicyclic) bond motifs is 3. The van der Waals surface area contributed by atoms with Gasteiger partial charge >= 0.3 is 5.69 Å². The number of benzene rings is 3. The second-order valence-corrected chi connectivity index (χ2v) is 10.3. The summed E-state index contributed by atoms with van der Waals surface area (Å²) >= 11 is 1.96. The van der Waals surface area contributed by atoms with Crippen LogP contribution in [-0.2, 0) is 12.3 Å². The number of nitrogens with one attached hydrogen (secondary N) is 1. The smallest absolute Gasteiger partial charge is 0.306 e. The SMILES string of the molecule is O=c1[nH]c2ccccc2n1CCCN1CCN(C2c3ccccc3CSc3ccccc32)CC1. The third kappa shape index (κ3) is 4.11. The molecule has 0 saturated carbocycles. The van der Waals surface area contributed by atoms with Gasteiger partial charge in [0.1, 0.15) is 0 Å². The van der Waals surface area contributed by atoms with Crippen LogP contribution in [0.15, 0.2) is 82.5 Å². The van der Waals surface area contributed by atoms with E-state index in [1.807, 2.05) is 40.6 Å². The monoisotopic (exact) mass is 470 g/mol. The first-order chi connectivity index (χ1) is 16.8. The Morgan fingerprint density at radius 1 is 0.824 bits per heavy atom. The topological polar surface area (TPSA) is 44.3 Å². The first-order valence-electron chi connectivity index (χ1n) is 12.2. The zero-order valence-corrected chi connectivity index (χ0v) is 20.1. The Bertz CT molecular complexity index is 1300. The average molecular weight is 471 g/mol. The summed E-state index contributed by atoms with van der Waals surface area (Å²) in [7, 11) is 0. The lowest BCUT2D eigenvalue weighted by Gasteiger charge is -2.40. The highest BCUT2D eigenvalue weighted by Crippen LogP contribution is 2.42. The molecule has 1 N–H and O–H groups in total. The molecular formula is C28H30N4OS. The highest BCUT2D eigenvalue weighted by Gasteiger charge is 2.31. The Kier molecular flexibility index (Phi) is 6.04. The maximum absolute atomic E-state index is 12.4. The number of nitrogens with zero attached hydrogens (tertiary/aromatic N) is 3. The van der Waals surface area contributed by atoms with Crippen molar-refractivity contribution in [3.63, 3.8) is 0 Å². The summed E-state index contributed by atoms with van der Waals surface area (Å²) in [5.41, 5.74) is 6.29. The fourth-order valence-corrected chi connectivity index (χ4v) is 6.61. The molecule has 0 amide bonds. The Hall–Kier alpha value is -2.80. The molecule has 1 saturated heterocycles. The van der Waals surface area contributed by atoms with Gasteiger partial charge in [-0.3, -0.25) is 9.47 Å². The highest BCUT2D eigenvalue weighted by molar-refractivity contribution is 7.98. The Morgan fingerprint density at radius 3 is 2.44 bits per heavy atom. The van der Waals surface area contributed by atoms with Gasteiger partial charge in [0.05, 0.1) is 17.1 Å². The van der Waals surface area contributed by atoms with Crippen molar-refractivity contribution in [1.29, 1.82) is 0 Å². The average Bonchev–Trinajstić information content (AvgIpc) is 3.09. The second kappa shape index (κ2) is 9.45. The van der Waals surface area contributed by atoms with Crippen molar-refractivity contribution in [2.24, 2.45) is 0 Å². The molecule has 174 valence electrons. The van der Waals surface area contributed by atoms with Crippen LogP contribution in [0.4, 0.5) is 0 Å². The number of rotatable bonds is 5. The van der Waals surface area contributed by atoms with Gasteiger partial charge in [-0.1, -0.05) is 54.6 Å². The van der Waals surface area contributed by atoms with E-state index in [9.17, 15) is 4.79 Å². The number of aromatic amines is 1. The van der Waals surface area contributed by atoms with Crippen molar-refractivity contribution in [1.82, 2.24) is 19.4 Å². The van der Waals surface area contributed by atoms with E-state index >= 15 is 0 Å². The first-order valence-corrected chi connectivity index (χ1v) is 13.2. The number of thioether (sulfide) groups is 1. The van der Waals surface area contributed by atoms with Crippen LogP contribution in [0.3, 0.4) is 0 Å². The van der Waals surface area contributed by atoms with E-state index < -0.39 is 0 Å². The van der Waals surface area contributed by atoms with Crippen LogP contribution in [0.1, 0.15) is 29.2 Å². The molecular weight excluding hydrogens is 440 g/mol. The van der Waals surface area contributed by atoms with Crippen molar-refractivity contribution >= 4 is 22.8 Å². The van der Waals surface area contributed by atoms with Crippen LogP contribution in [0.2, 0.25) is 0 Å². The van der Waals surface area contributed by atoms with Crippen LogP contribution in [-0.4, -0.2) is 52.1 Å². The minimum Gasteiger partial charge on any atom is -0.306 e. The quantitative estimate of drug-likeness (QED) is 0.458. The molecule has 0 bridgehead atoms. The number of hydrogen-bond donors (Lipinski definition) is 1. The molecule has 1 fully saturated rings. The summed E-state index contributed by atoms with van der Waals surface area (Å²) < 4.78 is 1.88. The van der Waals surface area contributed by atoms with E-state index in [0.717, 1.165) is 62.5 Å². The third-order valence-corrected chi connectivity index (χ3v) is 8.39. The lowest BCUT2D eigenvalue weighted by molar-refractivity contribution is 0.107. The van der Waals surface area contributed by atoms with E-state index in [-0.39, 0.29) is 5.69 Å². The minimum absolute atomic E-state index is 0.00502. The second-order valence-electron chi connectivity index (χ2n) is 9.26. The fraction of sp³-hybridized carbons (Fsp3) is 0.321. The molecule has 2 aliphatic rings. The van der Waals surface area contributed by atoms with Crippen molar-refractivity contribution in [2.45, 2.75) is 29.7 Å². The molecule has 34 heavy (non-hydrogen) atoms. The molecule has 0 spiro atoms. The predicted octanol–water partition coefficient (Wildman–Crippen LogP) is 4.73. The molecule has 1 unspecified atom stereocenters. The van der Waals surface area contributed by atoms with Gasteiger partial charge in [0.25, 0.3) is 0 Å². The summed E-state index contributed by atoms with van der Waals surface area (Å²) in [6.45, 7) is 6.03. The third-order valence-electron chi connectivity index (χ3n) is 7.26. The van der Waals surface area contributed by atoms with E-state index in [2.05, 4.69) is 63.3 Å². The molecule has 2 aliphatic heterocycles. The minimum atomic E-state index is -0.00502. The van der Waals surface area contributed by atoms with Crippen LogP contribution in [0.5, 0.6) is 0 Å². The summed E-state index contributed by atoms with van der Waals surface area (Å²) in [6.07, 6.45) is 0.980. The van der Waals surface area contributed by atoms with Gasteiger partial charge in [-0.25, -0.2) is 4.79 Å². The predicted molar refractivity (Wildman–Crippen MR) is 139 cm³/mol. The van der Waals surface area contributed by atoms with E-state index in [4.69, 9.17) is 0 Å². The number of imidazole rings is 1. The molecule has 6 rings (SSSR count). The Labute approximate surface area is 204 Å².